The minimum absolute atomic E-state index is 0.0951. The predicted molar refractivity (Wildman–Crippen MR) is 74.3 cm³/mol. The average molecular weight is 256 g/mol. The normalized spacial score (nSPS) is 10.2. The molecule has 3 N–H and O–H groups in total. The molecule has 0 radical (unpaired) electrons. The minimum Gasteiger partial charge on any atom is -0.379 e. The lowest BCUT2D eigenvalue weighted by atomic mass is 10.0. The molecule has 0 fully saturated rings. The van der Waals surface area contributed by atoms with Gasteiger partial charge in [-0.2, -0.15) is 5.26 Å². The summed E-state index contributed by atoms with van der Waals surface area (Å²) in [7, 11) is 0. The van der Waals surface area contributed by atoms with Crippen molar-refractivity contribution in [2.24, 2.45) is 5.73 Å². The molecule has 0 saturated heterocycles. The van der Waals surface area contributed by atoms with Crippen molar-refractivity contribution in [1.82, 2.24) is 4.98 Å². The van der Waals surface area contributed by atoms with Crippen LogP contribution in [-0.4, -0.2) is 10.2 Å². The fourth-order valence-electron chi connectivity index (χ4n) is 1.79. The number of thioether (sulfide) groups is 1. The summed E-state index contributed by atoms with van der Waals surface area (Å²) in [5.74, 6) is 0.622. The topological polar surface area (TPSA) is 86.5 Å². The van der Waals surface area contributed by atoms with Crippen LogP contribution in [0.4, 0.5) is 0 Å². The number of hydrogen-bond acceptors (Lipinski definition) is 4. The SMILES string of the molecule is N#CCc1cc(CSC(=N)N)c2cccnc2c1. The van der Waals surface area contributed by atoms with E-state index >= 15 is 0 Å². The molecule has 0 aliphatic carbocycles. The zero-order valence-electron chi connectivity index (χ0n) is 9.68. The maximum atomic E-state index is 8.77. The Hall–Kier alpha value is -2.06. The molecule has 2 aromatic rings. The summed E-state index contributed by atoms with van der Waals surface area (Å²) in [5, 5.41) is 17.2. The minimum atomic E-state index is 0.0951. The lowest BCUT2D eigenvalue weighted by Gasteiger charge is -2.07. The lowest BCUT2D eigenvalue weighted by molar-refractivity contribution is 1.24. The Morgan fingerprint density at radius 2 is 2.33 bits per heavy atom. The van der Waals surface area contributed by atoms with Crippen LogP contribution >= 0.6 is 11.8 Å². The largest absolute Gasteiger partial charge is 0.379 e. The van der Waals surface area contributed by atoms with Crippen LogP contribution in [0.2, 0.25) is 0 Å². The highest BCUT2D eigenvalue weighted by Crippen LogP contribution is 2.23. The quantitative estimate of drug-likeness (QED) is 0.652. The highest BCUT2D eigenvalue weighted by Gasteiger charge is 2.06. The molecule has 5 heteroatoms. The second kappa shape index (κ2) is 5.52. The van der Waals surface area contributed by atoms with E-state index in [1.54, 1.807) is 6.20 Å². The van der Waals surface area contributed by atoms with E-state index in [1.807, 2.05) is 24.3 Å². The number of rotatable bonds is 3. The highest BCUT2D eigenvalue weighted by atomic mass is 32.2. The molecule has 18 heavy (non-hydrogen) atoms. The van der Waals surface area contributed by atoms with Crippen LogP contribution in [-0.2, 0) is 12.2 Å². The number of fused-ring (bicyclic) bond motifs is 1. The summed E-state index contributed by atoms with van der Waals surface area (Å²) in [6.45, 7) is 0. The van der Waals surface area contributed by atoms with E-state index < -0.39 is 0 Å². The van der Waals surface area contributed by atoms with E-state index in [2.05, 4.69) is 11.1 Å². The van der Waals surface area contributed by atoms with Crippen LogP contribution in [0.15, 0.2) is 30.5 Å². The molecular weight excluding hydrogens is 244 g/mol. The van der Waals surface area contributed by atoms with E-state index in [1.165, 1.54) is 11.8 Å². The predicted octanol–water partition coefficient (Wildman–Crippen LogP) is 2.43. The molecule has 0 bridgehead atoms. The third kappa shape index (κ3) is 2.79. The number of nitrogens with two attached hydrogens (primary N) is 1. The van der Waals surface area contributed by atoms with Gasteiger partial charge in [0.1, 0.15) is 0 Å². The van der Waals surface area contributed by atoms with Crippen molar-refractivity contribution in [3.05, 3.63) is 41.6 Å². The lowest BCUT2D eigenvalue weighted by Crippen LogP contribution is -2.04. The molecule has 90 valence electrons. The van der Waals surface area contributed by atoms with Gasteiger partial charge in [0.15, 0.2) is 5.17 Å². The molecule has 0 aliphatic heterocycles. The number of nitriles is 1. The van der Waals surface area contributed by atoms with Gasteiger partial charge >= 0.3 is 0 Å². The number of aromatic nitrogens is 1. The third-order valence-corrected chi connectivity index (χ3v) is 3.30. The zero-order valence-corrected chi connectivity index (χ0v) is 10.5. The number of pyridine rings is 1. The Bertz CT molecular complexity index is 630. The first-order valence-corrected chi connectivity index (χ1v) is 6.39. The monoisotopic (exact) mass is 256 g/mol. The Labute approximate surface area is 109 Å². The van der Waals surface area contributed by atoms with Crippen LogP contribution in [0.1, 0.15) is 11.1 Å². The van der Waals surface area contributed by atoms with Gasteiger partial charge in [0, 0.05) is 17.3 Å². The Morgan fingerprint density at radius 1 is 1.50 bits per heavy atom. The number of hydrogen-bond donors (Lipinski definition) is 2. The van der Waals surface area contributed by atoms with Crippen molar-refractivity contribution in [2.75, 3.05) is 0 Å². The maximum absolute atomic E-state index is 8.77. The molecule has 0 atom stereocenters. The van der Waals surface area contributed by atoms with Crippen molar-refractivity contribution >= 4 is 27.8 Å². The summed E-state index contributed by atoms with van der Waals surface area (Å²) in [6.07, 6.45) is 2.10. The molecule has 0 aliphatic rings. The second-order valence-corrected chi connectivity index (χ2v) is 4.83. The molecule has 1 aromatic heterocycles. The average Bonchev–Trinajstić information content (AvgIpc) is 2.36. The summed E-state index contributed by atoms with van der Waals surface area (Å²) in [6, 6.07) is 9.94. The number of nitrogens with one attached hydrogen (secondary N) is 1. The molecule has 0 saturated carbocycles. The third-order valence-electron chi connectivity index (χ3n) is 2.53. The fourth-order valence-corrected chi connectivity index (χ4v) is 2.34. The Balaban J connectivity index is 2.47. The maximum Gasteiger partial charge on any atom is 0.151 e. The molecule has 0 unspecified atom stereocenters. The van der Waals surface area contributed by atoms with E-state index in [-0.39, 0.29) is 5.17 Å². The van der Waals surface area contributed by atoms with E-state index in [9.17, 15) is 0 Å². The summed E-state index contributed by atoms with van der Waals surface area (Å²) >= 11 is 1.28. The van der Waals surface area contributed by atoms with E-state index in [0.717, 1.165) is 22.0 Å². The standard InChI is InChI=1S/C13H12N4S/c14-4-3-9-6-10(8-18-13(15)16)11-2-1-5-17-12(11)7-9/h1-2,5-7H,3,8H2,(H3,15,16). The van der Waals surface area contributed by atoms with Crippen LogP contribution in [0.25, 0.3) is 10.9 Å². The van der Waals surface area contributed by atoms with Gasteiger partial charge in [0.2, 0.25) is 0 Å². The van der Waals surface area contributed by atoms with Gasteiger partial charge in [-0.15, -0.1) is 0 Å². The van der Waals surface area contributed by atoms with Crippen molar-refractivity contribution in [3.63, 3.8) is 0 Å². The second-order valence-electron chi connectivity index (χ2n) is 3.81. The smallest absolute Gasteiger partial charge is 0.151 e. The highest BCUT2D eigenvalue weighted by molar-refractivity contribution is 8.13. The molecule has 2 rings (SSSR count). The molecule has 1 aromatic carbocycles. The van der Waals surface area contributed by atoms with Gasteiger partial charge in [-0.05, 0) is 23.3 Å². The molecule has 0 amide bonds. The first-order valence-electron chi connectivity index (χ1n) is 5.41. The van der Waals surface area contributed by atoms with Crippen molar-refractivity contribution in [3.8, 4) is 6.07 Å². The van der Waals surface area contributed by atoms with Crippen molar-refractivity contribution < 1.29 is 0 Å². The van der Waals surface area contributed by atoms with Crippen LogP contribution in [0.5, 0.6) is 0 Å². The van der Waals surface area contributed by atoms with Crippen LogP contribution < -0.4 is 5.73 Å². The van der Waals surface area contributed by atoms with Crippen LogP contribution in [0.3, 0.4) is 0 Å². The number of benzene rings is 1. The van der Waals surface area contributed by atoms with Crippen molar-refractivity contribution in [2.45, 2.75) is 12.2 Å². The van der Waals surface area contributed by atoms with Gasteiger partial charge < -0.3 is 5.73 Å². The Morgan fingerprint density at radius 3 is 3.06 bits per heavy atom. The summed E-state index contributed by atoms with van der Waals surface area (Å²) in [5.41, 5.74) is 8.25. The van der Waals surface area contributed by atoms with Crippen molar-refractivity contribution in [1.29, 1.82) is 10.7 Å². The van der Waals surface area contributed by atoms with Gasteiger partial charge in [0.05, 0.1) is 18.0 Å². The van der Waals surface area contributed by atoms with Crippen LogP contribution in [0, 0.1) is 16.7 Å². The first kappa shape index (κ1) is 12.4. The molecule has 1 heterocycles. The van der Waals surface area contributed by atoms with E-state index in [4.69, 9.17) is 16.4 Å². The van der Waals surface area contributed by atoms with Gasteiger partial charge in [0.25, 0.3) is 0 Å². The van der Waals surface area contributed by atoms with Gasteiger partial charge in [-0.25, -0.2) is 0 Å². The molecule has 4 nitrogen and oxygen atoms in total. The zero-order chi connectivity index (χ0) is 13.0. The van der Waals surface area contributed by atoms with Gasteiger partial charge in [-0.1, -0.05) is 23.9 Å². The number of nitrogens with zero attached hydrogens (tertiary/aromatic N) is 2. The molecular formula is C13H12N4S. The fraction of sp³-hybridized carbons (Fsp3) is 0.154. The summed E-state index contributed by atoms with van der Waals surface area (Å²) in [4.78, 5) is 4.31. The van der Waals surface area contributed by atoms with Gasteiger partial charge in [-0.3, -0.25) is 10.4 Å². The first-order chi connectivity index (χ1) is 8.70. The Kier molecular flexibility index (Phi) is 3.80. The summed E-state index contributed by atoms with van der Waals surface area (Å²) < 4.78 is 0. The molecule has 0 spiro atoms. The van der Waals surface area contributed by atoms with E-state index in [0.29, 0.717) is 12.2 Å². The number of amidine groups is 1.